The van der Waals surface area contributed by atoms with Crippen LogP contribution in [-0.4, -0.2) is 11.7 Å². The number of thioether (sulfide) groups is 1. The van der Waals surface area contributed by atoms with Crippen LogP contribution in [0.5, 0.6) is 0 Å². The van der Waals surface area contributed by atoms with E-state index in [9.17, 15) is 13.6 Å². The van der Waals surface area contributed by atoms with Gasteiger partial charge in [0.15, 0.2) is 0 Å². The molecule has 0 fully saturated rings. The number of hydrogen-bond acceptors (Lipinski definition) is 2. The minimum atomic E-state index is -2.52. The van der Waals surface area contributed by atoms with Gasteiger partial charge in [-0.1, -0.05) is 30.0 Å². The van der Waals surface area contributed by atoms with E-state index in [0.717, 1.165) is 11.1 Å². The van der Waals surface area contributed by atoms with E-state index in [-0.39, 0.29) is 5.91 Å². The Morgan fingerprint density at radius 2 is 1.81 bits per heavy atom. The number of alkyl halides is 2. The van der Waals surface area contributed by atoms with Gasteiger partial charge in [0.2, 0.25) is 0 Å². The van der Waals surface area contributed by atoms with E-state index < -0.39 is 5.76 Å². The summed E-state index contributed by atoms with van der Waals surface area (Å²) >= 11 is 0.420. The van der Waals surface area contributed by atoms with Crippen LogP contribution in [-0.2, 0) is 0 Å². The van der Waals surface area contributed by atoms with E-state index in [2.05, 4.69) is 5.32 Å². The maximum atomic E-state index is 12.5. The molecule has 0 heterocycles. The Balaban J connectivity index is 2.21. The topological polar surface area (TPSA) is 29.1 Å². The summed E-state index contributed by atoms with van der Waals surface area (Å²) in [6, 6.07) is 11.9. The van der Waals surface area contributed by atoms with Crippen LogP contribution in [0, 0.1) is 13.8 Å². The number of anilines is 1. The lowest BCUT2D eigenvalue weighted by atomic mass is 10.1. The van der Waals surface area contributed by atoms with Gasteiger partial charge in [-0.15, -0.1) is 0 Å². The van der Waals surface area contributed by atoms with Crippen molar-refractivity contribution in [2.75, 3.05) is 5.32 Å². The SMILES string of the molecule is Cc1ccc(C(=O)Nc2ccccc2SC(F)F)cc1C. The second-order valence-electron chi connectivity index (χ2n) is 4.63. The molecule has 1 N–H and O–H groups in total. The van der Waals surface area contributed by atoms with Crippen LogP contribution in [0.15, 0.2) is 47.4 Å². The van der Waals surface area contributed by atoms with Crippen LogP contribution >= 0.6 is 11.8 Å². The average molecular weight is 307 g/mol. The zero-order valence-corrected chi connectivity index (χ0v) is 12.5. The predicted octanol–water partition coefficient (Wildman–Crippen LogP) is 4.87. The van der Waals surface area contributed by atoms with E-state index in [1.54, 1.807) is 36.4 Å². The first-order valence-corrected chi connectivity index (χ1v) is 7.28. The number of halogens is 2. The minimum Gasteiger partial charge on any atom is -0.321 e. The molecule has 0 radical (unpaired) electrons. The summed E-state index contributed by atoms with van der Waals surface area (Å²) in [4.78, 5) is 12.6. The molecule has 0 unspecified atom stereocenters. The third-order valence-corrected chi connectivity index (χ3v) is 3.91. The molecule has 21 heavy (non-hydrogen) atoms. The third kappa shape index (κ3) is 4.04. The fourth-order valence-electron chi connectivity index (χ4n) is 1.85. The van der Waals surface area contributed by atoms with Crippen molar-refractivity contribution in [2.24, 2.45) is 0 Å². The number of para-hydroxylation sites is 1. The van der Waals surface area contributed by atoms with Crippen molar-refractivity contribution in [3.05, 3.63) is 59.2 Å². The van der Waals surface area contributed by atoms with Crippen molar-refractivity contribution >= 4 is 23.4 Å². The number of benzene rings is 2. The van der Waals surface area contributed by atoms with E-state index >= 15 is 0 Å². The predicted molar refractivity (Wildman–Crippen MR) is 82.2 cm³/mol. The smallest absolute Gasteiger partial charge is 0.288 e. The molecular weight excluding hydrogens is 292 g/mol. The number of rotatable bonds is 4. The van der Waals surface area contributed by atoms with Crippen molar-refractivity contribution in [3.63, 3.8) is 0 Å². The molecule has 0 aromatic heterocycles. The van der Waals surface area contributed by atoms with Crippen LogP contribution < -0.4 is 5.32 Å². The quantitative estimate of drug-likeness (QED) is 0.816. The van der Waals surface area contributed by atoms with Crippen LogP contribution in [0.4, 0.5) is 14.5 Å². The van der Waals surface area contributed by atoms with Crippen LogP contribution in [0.2, 0.25) is 0 Å². The van der Waals surface area contributed by atoms with Gasteiger partial charge in [-0.05, 0) is 49.2 Å². The monoisotopic (exact) mass is 307 g/mol. The molecule has 0 aliphatic rings. The van der Waals surface area contributed by atoms with Crippen molar-refractivity contribution in [1.82, 2.24) is 0 Å². The highest BCUT2D eigenvalue weighted by atomic mass is 32.2. The van der Waals surface area contributed by atoms with Gasteiger partial charge in [0.25, 0.3) is 11.7 Å². The fourth-order valence-corrected chi connectivity index (χ4v) is 2.44. The molecule has 0 aliphatic heterocycles. The number of nitrogens with one attached hydrogen (secondary N) is 1. The number of aryl methyl sites for hydroxylation is 2. The molecular formula is C16H15F2NOS. The number of hydrogen-bond donors (Lipinski definition) is 1. The van der Waals surface area contributed by atoms with E-state index in [1.165, 1.54) is 0 Å². The standard InChI is InChI=1S/C16H15F2NOS/c1-10-7-8-12(9-11(10)2)15(20)19-13-5-3-4-6-14(13)21-16(17)18/h3-9,16H,1-2H3,(H,19,20). The highest BCUT2D eigenvalue weighted by Crippen LogP contribution is 2.31. The highest BCUT2D eigenvalue weighted by molar-refractivity contribution is 7.99. The summed E-state index contributed by atoms with van der Waals surface area (Å²) in [5.41, 5.74) is 3.01. The normalized spacial score (nSPS) is 10.7. The Morgan fingerprint density at radius 1 is 1.10 bits per heavy atom. The van der Waals surface area contributed by atoms with Gasteiger partial charge in [-0.2, -0.15) is 8.78 Å². The van der Waals surface area contributed by atoms with Gasteiger partial charge in [-0.25, -0.2) is 0 Å². The Bertz CT molecular complexity index is 658. The molecule has 0 aliphatic carbocycles. The molecule has 110 valence electrons. The van der Waals surface area contributed by atoms with Crippen LogP contribution in [0.1, 0.15) is 21.5 Å². The van der Waals surface area contributed by atoms with E-state index in [1.807, 2.05) is 19.9 Å². The molecule has 0 spiro atoms. The van der Waals surface area contributed by atoms with Crippen molar-refractivity contribution in [1.29, 1.82) is 0 Å². The average Bonchev–Trinajstić information content (AvgIpc) is 2.43. The Kier molecular flexibility index (Phi) is 4.96. The van der Waals surface area contributed by atoms with Gasteiger partial charge >= 0.3 is 0 Å². The summed E-state index contributed by atoms with van der Waals surface area (Å²) < 4.78 is 25.0. The lowest BCUT2D eigenvalue weighted by Crippen LogP contribution is -2.13. The molecule has 2 aromatic rings. The first-order chi connectivity index (χ1) is 9.97. The van der Waals surface area contributed by atoms with E-state index in [0.29, 0.717) is 27.9 Å². The minimum absolute atomic E-state index is 0.305. The Hall–Kier alpha value is -1.88. The van der Waals surface area contributed by atoms with Gasteiger partial charge in [0, 0.05) is 10.5 Å². The summed E-state index contributed by atoms with van der Waals surface area (Å²) in [6.07, 6.45) is 0. The molecule has 2 rings (SSSR count). The van der Waals surface area contributed by atoms with Crippen LogP contribution in [0.3, 0.4) is 0 Å². The molecule has 5 heteroatoms. The Morgan fingerprint density at radius 3 is 2.48 bits per heavy atom. The highest BCUT2D eigenvalue weighted by Gasteiger charge is 2.13. The van der Waals surface area contributed by atoms with E-state index in [4.69, 9.17) is 0 Å². The molecule has 2 aromatic carbocycles. The van der Waals surface area contributed by atoms with Crippen molar-refractivity contribution in [3.8, 4) is 0 Å². The zero-order valence-electron chi connectivity index (χ0n) is 11.7. The number of carbonyl (C=O) groups is 1. The number of carbonyl (C=O) groups excluding carboxylic acids is 1. The maximum absolute atomic E-state index is 12.5. The molecule has 0 bridgehead atoms. The second kappa shape index (κ2) is 6.72. The molecule has 0 saturated heterocycles. The second-order valence-corrected chi connectivity index (χ2v) is 5.66. The molecule has 0 atom stereocenters. The van der Waals surface area contributed by atoms with Crippen LogP contribution in [0.25, 0.3) is 0 Å². The maximum Gasteiger partial charge on any atom is 0.288 e. The third-order valence-electron chi connectivity index (χ3n) is 3.12. The summed E-state index contributed by atoms with van der Waals surface area (Å²) in [7, 11) is 0. The van der Waals surface area contributed by atoms with Gasteiger partial charge < -0.3 is 5.32 Å². The molecule has 0 saturated carbocycles. The summed E-state index contributed by atoms with van der Waals surface area (Å²) in [6.45, 7) is 3.89. The lowest BCUT2D eigenvalue weighted by molar-refractivity contribution is 0.102. The largest absolute Gasteiger partial charge is 0.321 e. The van der Waals surface area contributed by atoms with Gasteiger partial charge in [0.1, 0.15) is 0 Å². The number of amides is 1. The lowest BCUT2D eigenvalue weighted by Gasteiger charge is -2.11. The van der Waals surface area contributed by atoms with Gasteiger partial charge in [-0.3, -0.25) is 4.79 Å². The summed E-state index contributed by atoms with van der Waals surface area (Å²) in [5, 5.41) is 2.69. The Labute approximate surface area is 126 Å². The summed E-state index contributed by atoms with van der Waals surface area (Å²) in [5.74, 6) is -2.83. The first-order valence-electron chi connectivity index (χ1n) is 6.40. The molecule has 2 nitrogen and oxygen atoms in total. The fraction of sp³-hybridized carbons (Fsp3) is 0.188. The van der Waals surface area contributed by atoms with Crippen molar-refractivity contribution < 1.29 is 13.6 Å². The molecule has 1 amide bonds. The zero-order chi connectivity index (χ0) is 15.4. The van der Waals surface area contributed by atoms with Gasteiger partial charge in [0.05, 0.1) is 5.69 Å². The van der Waals surface area contributed by atoms with Crippen molar-refractivity contribution in [2.45, 2.75) is 24.5 Å². The first kappa shape index (κ1) is 15.5.